The molecule has 0 bridgehead atoms. The zero-order chi connectivity index (χ0) is 11.3. The highest BCUT2D eigenvalue weighted by molar-refractivity contribution is 9.10. The SMILES string of the molecule is CCNc1nc(CSCC)nc(C)c1Br. The summed E-state index contributed by atoms with van der Waals surface area (Å²) in [6, 6.07) is 0. The van der Waals surface area contributed by atoms with Crippen LogP contribution in [0.4, 0.5) is 5.82 Å². The third-order valence-corrected chi connectivity index (χ3v) is 3.66. The lowest BCUT2D eigenvalue weighted by molar-refractivity contribution is 0.975. The molecule has 0 atom stereocenters. The van der Waals surface area contributed by atoms with Gasteiger partial charge in [-0.15, -0.1) is 0 Å². The predicted molar refractivity (Wildman–Crippen MR) is 70.5 cm³/mol. The number of hydrogen-bond donors (Lipinski definition) is 1. The molecule has 0 saturated carbocycles. The summed E-state index contributed by atoms with van der Waals surface area (Å²) in [4.78, 5) is 8.90. The van der Waals surface area contributed by atoms with E-state index >= 15 is 0 Å². The van der Waals surface area contributed by atoms with E-state index in [1.807, 2.05) is 18.7 Å². The molecule has 0 aliphatic heterocycles. The Hall–Kier alpha value is -0.290. The normalized spacial score (nSPS) is 10.4. The average molecular weight is 290 g/mol. The Morgan fingerprint density at radius 2 is 2.07 bits per heavy atom. The largest absolute Gasteiger partial charge is 0.369 e. The van der Waals surface area contributed by atoms with Crippen LogP contribution in [0, 0.1) is 6.92 Å². The molecule has 0 fully saturated rings. The van der Waals surface area contributed by atoms with E-state index < -0.39 is 0 Å². The molecule has 0 saturated heterocycles. The number of aromatic nitrogens is 2. The van der Waals surface area contributed by atoms with Crippen molar-refractivity contribution in [1.29, 1.82) is 0 Å². The smallest absolute Gasteiger partial charge is 0.144 e. The molecular weight excluding hydrogens is 274 g/mol. The lowest BCUT2D eigenvalue weighted by Crippen LogP contribution is -2.06. The number of thioether (sulfide) groups is 1. The molecular formula is C10H16BrN3S. The molecule has 1 aromatic heterocycles. The number of rotatable bonds is 5. The second-order valence-electron chi connectivity index (χ2n) is 3.06. The molecule has 0 aliphatic rings. The molecule has 1 rings (SSSR count). The summed E-state index contributed by atoms with van der Waals surface area (Å²) in [5.41, 5.74) is 0.993. The van der Waals surface area contributed by atoms with E-state index in [9.17, 15) is 0 Å². The van der Waals surface area contributed by atoms with Crippen LogP contribution in [0.3, 0.4) is 0 Å². The monoisotopic (exact) mass is 289 g/mol. The molecule has 84 valence electrons. The van der Waals surface area contributed by atoms with Crippen molar-refractivity contribution in [2.75, 3.05) is 17.6 Å². The quantitative estimate of drug-likeness (QED) is 0.903. The fourth-order valence-electron chi connectivity index (χ4n) is 1.16. The highest BCUT2D eigenvalue weighted by atomic mass is 79.9. The Morgan fingerprint density at radius 3 is 2.67 bits per heavy atom. The predicted octanol–water partition coefficient (Wildman–Crippen LogP) is 3.23. The molecule has 5 heteroatoms. The van der Waals surface area contributed by atoms with Crippen molar-refractivity contribution in [3.8, 4) is 0 Å². The Bertz CT molecular complexity index is 331. The standard InChI is InChI=1S/C10H16BrN3S/c1-4-12-10-9(11)7(3)13-8(14-10)6-15-5-2/h4-6H2,1-3H3,(H,12,13,14). The zero-order valence-electron chi connectivity index (χ0n) is 9.30. The van der Waals surface area contributed by atoms with Crippen LogP contribution in [-0.4, -0.2) is 22.3 Å². The number of halogens is 1. The molecule has 1 heterocycles. The van der Waals surface area contributed by atoms with Crippen molar-refractivity contribution in [3.63, 3.8) is 0 Å². The van der Waals surface area contributed by atoms with E-state index in [1.54, 1.807) is 0 Å². The molecule has 15 heavy (non-hydrogen) atoms. The van der Waals surface area contributed by atoms with Gasteiger partial charge in [0.2, 0.25) is 0 Å². The molecule has 0 aromatic carbocycles. The zero-order valence-corrected chi connectivity index (χ0v) is 11.7. The van der Waals surface area contributed by atoms with Gasteiger partial charge in [-0.25, -0.2) is 9.97 Å². The molecule has 0 radical (unpaired) electrons. The number of anilines is 1. The summed E-state index contributed by atoms with van der Waals surface area (Å²) in [6.07, 6.45) is 0. The highest BCUT2D eigenvalue weighted by Gasteiger charge is 2.08. The molecule has 1 aromatic rings. The minimum atomic E-state index is 0.870. The third kappa shape index (κ3) is 3.65. The fraction of sp³-hybridized carbons (Fsp3) is 0.600. The summed E-state index contributed by atoms with van der Waals surface area (Å²) in [6.45, 7) is 7.06. The van der Waals surface area contributed by atoms with Gasteiger partial charge < -0.3 is 5.32 Å². The van der Waals surface area contributed by atoms with Gasteiger partial charge in [0, 0.05) is 6.54 Å². The van der Waals surface area contributed by atoms with E-state index in [2.05, 4.69) is 45.1 Å². The van der Waals surface area contributed by atoms with Gasteiger partial charge in [0.15, 0.2) is 0 Å². The maximum atomic E-state index is 4.47. The van der Waals surface area contributed by atoms with Crippen LogP contribution in [0.1, 0.15) is 25.4 Å². The van der Waals surface area contributed by atoms with Crippen molar-refractivity contribution >= 4 is 33.5 Å². The van der Waals surface area contributed by atoms with Gasteiger partial charge in [0.05, 0.1) is 15.9 Å². The minimum absolute atomic E-state index is 0.870. The number of hydrogen-bond acceptors (Lipinski definition) is 4. The first kappa shape index (κ1) is 12.8. The fourth-order valence-corrected chi connectivity index (χ4v) is 1.99. The van der Waals surface area contributed by atoms with Crippen molar-refractivity contribution < 1.29 is 0 Å². The highest BCUT2D eigenvalue weighted by Crippen LogP contribution is 2.23. The molecule has 3 nitrogen and oxygen atoms in total. The summed E-state index contributed by atoms with van der Waals surface area (Å²) >= 11 is 5.32. The number of nitrogens with one attached hydrogen (secondary N) is 1. The van der Waals surface area contributed by atoms with Gasteiger partial charge >= 0.3 is 0 Å². The topological polar surface area (TPSA) is 37.8 Å². The van der Waals surface area contributed by atoms with Crippen LogP contribution < -0.4 is 5.32 Å². The maximum Gasteiger partial charge on any atom is 0.144 e. The Labute approximate surface area is 104 Å². The second-order valence-corrected chi connectivity index (χ2v) is 5.12. The molecule has 0 spiro atoms. The van der Waals surface area contributed by atoms with Crippen molar-refractivity contribution in [2.45, 2.75) is 26.5 Å². The summed E-state index contributed by atoms with van der Waals surface area (Å²) in [7, 11) is 0. The van der Waals surface area contributed by atoms with Gasteiger partial charge in [0.1, 0.15) is 11.6 Å². The van der Waals surface area contributed by atoms with Crippen LogP contribution in [0.15, 0.2) is 4.47 Å². The molecule has 0 aliphatic carbocycles. The van der Waals surface area contributed by atoms with Gasteiger partial charge in [-0.2, -0.15) is 11.8 Å². The summed E-state index contributed by atoms with van der Waals surface area (Å²) in [5, 5.41) is 3.23. The molecule has 0 unspecified atom stereocenters. The van der Waals surface area contributed by atoms with Gasteiger partial charge in [-0.05, 0) is 35.5 Å². The maximum absolute atomic E-state index is 4.47. The minimum Gasteiger partial charge on any atom is -0.369 e. The Morgan fingerprint density at radius 1 is 1.33 bits per heavy atom. The van der Waals surface area contributed by atoms with E-state index in [0.717, 1.165) is 39.9 Å². The van der Waals surface area contributed by atoms with Crippen LogP contribution in [0.2, 0.25) is 0 Å². The first-order valence-corrected chi connectivity index (χ1v) is 6.98. The van der Waals surface area contributed by atoms with E-state index in [1.165, 1.54) is 0 Å². The second kappa shape index (κ2) is 6.33. The van der Waals surface area contributed by atoms with Crippen LogP contribution in [0.5, 0.6) is 0 Å². The average Bonchev–Trinajstić information content (AvgIpc) is 2.22. The van der Waals surface area contributed by atoms with Crippen molar-refractivity contribution in [3.05, 3.63) is 16.0 Å². The van der Waals surface area contributed by atoms with Gasteiger partial charge in [-0.3, -0.25) is 0 Å². The molecule has 0 amide bonds. The van der Waals surface area contributed by atoms with Gasteiger partial charge in [-0.1, -0.05) is 6.92 Å². The van der Waals surface area contributed by atoms with E-state index in [-0.39, 0.29) is 0 Å². The van der Waals surface area contributed by atoms with Crippen molar-refractivity contribution in [2.24, 2.45) is 0 Å². The third-order valence-electron chi connectivity index (χ3n) is 1.84. The first-order chi connectivity index (χ1) is 7.19. The van der Waals surface area contributed by atoms with E-state index in [4.69, 9.17) is 0 Å². The van der Waals surface area contributed by atoms with Crippen molar-refractivity contribution in [1.82, 2.24) is 9.97 Å². The van der Waals surface area contributed by atoms with Crippen LogP contribution in [-0.2, 0) is 5.75 Å². The first-order valence-electron chi connectivity index (χ1n) is 5.03. The molecule has 1 N–H and O–H groups in total. The lowest BCUT2D eigenvalue weighted by atomic mass is 10.4. The summed E-state index contributed by atoms with van der Waals surface area (Å²) in [5.74, 6) is 3.77. The number of aryl methyl sites for hydroxylation is 1. The summed E-state index contributed by atoms with van der Waals surface area (Å²) < 4.78 is 0.967. The lowest BCUT2D eigenvalue weighted by Gasteiger charge is -2.09. The van der Waals surface area contributed by atoms with Crippen LogP contribution >= 0.6 is 27.7 Å². The van der Waals surface area contributed by atoms with Gasteiger partial charge in [0.25, 0.3) is 0 Å². The van der Waals surface area contributed by atoms with Crippen LogP contribution in [0.25, 0.3) is 0 Å². The Kier molecular flexibility index (Phi) is 5.39. The van der Waals surface area contributed by atoms with E-state index in [0.29, 0.717) is 0 Å². The number of nitrogens with zero attached hydrogens (tertiary/aromatic N) is 2. The Balaban J connectivity index is 2.90.